The van der Waals surface area contributed by atoms with Crippen LogP contribution in [0.4, 0.5) is 11.5 Å². The van der Waals surface area contributed by atoms with Crippen molar-refractivity contribution >= 4 is 29.2 Å². The van der Waals surface area contributed by atoms with Gasteiger partial charge in [0.1, 0.15) is 23.0 Å². The first-order valence-corrected chi connectivity index (χ1v) is 10.4. The highest BCUT2D eigenvalue weighted by Crippen LogP contribution is 2.34. The minimum Gasteiger partial charge on any atom is -0.383 e. The third kappa shape index (κ3) is 3.92. The normalized spacial score (nSPS) is 10.9. The molecule has 0 saturated carbocycles. The number of hydrogen-bond donors (Lipinski definition) is 2. The number of rotatable bonds is 6. The van der Waals surface area contributed by atoms with Crippen molar-refractivity contribution in [1.82, 2.24) is 19.9 Å². The van der Waals surface area contributed by atoms with E-state index in [2.05, 4.69) is 20.6 Å². The van der Waals surface area contributed by atoms with Gasteiger partial charge in [-0.05, 0) is 24.8 Å². The highest BCUT2D eigenvalue weighted by atomic mass is 32.2. The predicted octanol–water partition coefficient (Wildman–Crippen LogP) is 3.85. The van der Waals surface area contributed by atoms with Gasteiger partial charge >= 0.3 is 0 Å². The number of thioether (sulfide) groups is 1. The number of amides is 1. The lowest BCUT2D eigenvalue weighted by Gasteiger charge is -2.08. The largest absolute Gasteiger partial charge is 0.383 e. The van der Waals surface area contributed by atoms with Crippen LogP contribution in [0.3, 0.4) is 0 Å². The SMILES string of the molecule is CSc1nn(CC(=O)Nc2ccccc2C)c(N)c1-c1nc(-c2ccccc2)no1. The smallest absolute Gasteiger partial charge is 0.264 e. The molecule has 1 amide bonds. The zero-order chi connectivity index (χ0) is 21.1. The summed E-state index contributed by atoms with van der Waals surface area (Å²) in [6.07, 6.45) is 1.87. The zero-order valence-corrected chi connectivity index (χ0v) is 17.3. The lowest BCUT2D eigenvalue weighted by molar-refractivity contribution is -0.116. The Bertz CT molecular complexity index is 1190. The molecule has 0 saturated heterocycles. The monoisotopic (exact) mass is 420 g/mol. The molecule has 0 aliphatic rings. The van der Waals surface area contributed by atoms with Crippen molar-refractivity contribution in [3.8, 4) is 22.8 Å². The molecule has 2 aromatic carbocycles. The number of hydrogen-bond acceptors (Lipinski definition) is 7. The Morgan fingerprint density at radius 3 is 2.63 bits per heavy atom. The van der Waals surface area contributed by atoms with Crippen molar-refractivity contribution in [3.05, 3.63) is 60.2 Å². The van der Waals surface area contributed by atoms with Crippen LogP contribution in [0.25, 0.3) is 22.8 Å². The third-order valence-corrected chi connectivity index (χ3v) is 5.21. The second-order valence-electron chi connectivity index (χ2n) is 6.58. The number of carbonyl (C=O) groups excluding carboxylic acids is 1. The molecule has 0 spiro atoms. The highest BCUT2D eigenvalue weighted by Gasteiger charge is 2.23. The lowest BCUT2D eigenvalue weighted by Crippen LogP contribution is -2.21. The van der Waals surface area contributed by atoms with E-state index >= 15 is 0 Å². The van der Waals surface area contributed by atoms with Crippen LogP contribution < -0.4 is 11.1 Å². The van der Waals surface area contributed by atoms with E-state index < -0.39 is 0 Å². The van der Waals surface area contributed by atoms with Crippen LogP contribution in [0.1, 0.15) is 5.56 Å². The molecule has 30 heavy (non-hydrogen) atoms. The number of nitrogens with one attached hydrogen (secondary N) is 1. The Morgan fingerprint density at radius 2 is 1.90 bits per heavy atom. The molecule has 0 fully saturated rings. The van der Waals surface area contributed by atoms with Gasteiger partial charge in [-0.15, -0.1) is 11.8 Å². The van der Waals surface area contributed by atoms with Crippen LogP contribution in [0, 0.1) is 6.92 Å². The van der Waals surface area contributed by atoms with E-state index in [1.165, 1.54) is 16.4 Å². The highest BCUT2D eigenvalue weighted by molar-refractivity contribution is 7.98. The van der Waals surface area contributed by atoms with Crippen molar-refractivity contribution in [1.29, 1.82) is 0 Å². The van der Waals surface area contributed by atoms with Crippen molar-refractivity contribution in [2.24, 2.45) is 0 Å². The van der Waals surface area contributed by atoms with Gasteiger partial charge in [0.25, 0.3) is 5.89 Å². The van der Waals surface area contributed by atoms with Crippen LogP contribution >= 0.6 is 11.8 Å². The molecule has 2 heterocycles. The third-order valence-electron chi connectivity index (χ3n) is 4.54. The van der Waals surface area contributed by atoms with Gasteiger partial charge in [-0.25, -0.2) is 4.68 Å². The minimum absolute atomic E-state index is 0.0343. The first kappa shape index (κ1) is 19.7. The number of benzene rings is 2. The molecule has 3 N–H and O–H groups in total. The maximum Gasteiger partial charge on any atom is 0.264 e. The standard InChI is InChI=1S/C21H20N6O2S/c1-13-8-6-7-11-15(13)23-16(28)12-27-18(22)17(21(25-27)30-2)20-24-19(26-29-20)14-9-4-3-5-10-14/h3-11H,12,22H2,1-2H3,(H,23,28). The summed E-state index contributed by atoms with van der Waals surface area (Å²) in [5, 5.41) is 12.0. The average molecular weight is 420 g/mol. The van der Waals surface area contributed by atoms with Gasteiger partial charge in [-0.1, -0.05) is 53.7 Å². The van der Waals surface area contributed by atoms with Crippen molar-refractivity contribution in [2.45, 2.75) is 18.5 Å². The summed E-state index contributed by atoms with van der Waals surface area (Å²) in [6, 6.07) is 17.1. The summed E-state index contributed by atoms with van der Waals surface area (Å²) in [7, 11) is 0. The first-order valence-electron chi connectivity index (χ1n) is 9.22. The Morgan fingerprint density at radius 1 is 1.17 bits per heavy atom. The summed E-state index contributed by atoms with van der Waals surface area (Å²) >= 11 is 1.39. The minimum atomic E-state index is -0.229. The Labute approximate surface area is 177 Å². The molecular weight excluding hydrogens is 400 g/mol. The molecule has 4 aromatic rings. The van der Waals surface area contributed by atoms with Gasteiger partial charge in [-0.2, -0.15) is 10.1 Å². The second kappa shape index (κ2) is 8.42. The molecule has 0 radical (unpaired) electrons. The Kier molecular flexibility index (Phi) is 5.53. The van der Waals surface area contributed by atoms with Crippen molar-refractivity contribution < 1.29 is 9.32 Å². The van der Waals surface area contributed by atoms with Gasteiger partial charge in [0.2, 0.25) is 11.7 Å². The van der Waals surface area contributed by atoms with Crippen LogP contribution in [-0.2, 0) is 11.3 Å². The van der Waals surface area contributed by atoms with Crippen LogP contribution in [0.5, 0.6) is 0 Å². The summed E-state index contributed by atoms with van der Waals surface area (Å²) < 4.78 is 6.90. The van der Waals surface area contributed by atoms with Gasteiger partial charge in [-0.3, -0.25) is 4.79 Å². The molecule has 0 aliphatic carbocycles. The van der Waals surface area contributed by atoms with Crippen molar-refractivity contribution in [3.63, 3.8) is 0 Å². The molecule has 0 bridgehead atoms. The summed E-state index contributed by atoms with van der Waals surface area (Å²) in [5.41, 5.74) is 9.40. The molecule has 4 rings (SSSR count). The van der Waals surface area contributed by atoms with E-state index in [0.29, 0.717) is 22.2 Å². The molecular formula is C21H20N6O2S. The maximum absolute atomic E-state index is 12.5. The number of anilines is 2. The predicted molar refractivity (Wildman–Crippen MR) is 117 cm³/mol. The zero-order valence-electron chi connectivity index (χ0n) is 16.5. The van der Waals surface area contributed by atoms with E-state index in [0.717, 1.165) is 16.8 Å². The number of para-hydroxylation sites is 1. The Hall–Kier alpha value is -3.59. The van der Waals surface area contributed by atoms with E-state index in [1.807, 2.05) is 67.8 Å². The van der Waals surface area contributed by atoms with E-state index in [4.69, 9.17) is 10.3 Å². The summed E-state index contributed by atoms with van der Waals surface area (Å²) in [6.45, 7) is 1.90. The first-order chi connectivity index (χ1) is 14.6. The Balaban J connectivity index is 1.60. The summed E-state index contributed by atoms with van der Waals surface area (Å²) in [4.78, 5) is 17.0. The van der Waals surface area contributed by atoms with Gasteiger partial charge < -0.3 is 15.6 Å². The van der Waals surface area contributed by atoms with Gasteiger partial charge in [0.05, 0.1) is 0 Å². The summed E-state index contributed by atoms with van der Waals surface area (Å²) in [5.74, 6) is 0.791. The quantitative estimate of drug-likeness (QED) is 0.456. The number of nitrogens with two attached hydrogens (primary N) is 1. The number of carbonyl (C=O) groups is 1. The van der Waals surface area contributed by atoms with Gasteiger partial charge in [0, 0.05) is 11.3 Å². The van der Waals surface area contributed by atoms with Crippen LogP contribution in [0.2, 0.25) is 0 Å². The van der Waals surface area contributed by atoms with E-state index in [9.17, 15) is 4.79 Å². The fourth-order valence-electron chi connectivity index (χ4n) is 2.98. The van der Waals surface area contributed by atoms with Crippen LogP contribution in [0.15, 0.2) is 64.1 Å². The molecule has 8 nitrogen and oxygen atoms in total. The maximum atomic E-state index is 12.5. The average Bonchev–Trinajstić information content (AvgIpc) is 3.35. The molecule has 0 aliphatic heterocycles. The molecule has 0 unspecified atom stereocenters. The molecule has 0 atom stereocenters. The number of aryl methyl sites for hydroxylation is 1. The second-order valence-corrected chi connectivity index (χ2v) is 7.37. The van der Waals surface area contributed by atoms with Crippen molar-refractivity contribution in [2.75, 3.05) is 17.3 Å². The lowest BCUT2D eigenvalue weighted by atomic mass is 10.2. The number of aromatic nitrogens is 4. The van der Waals surface area contributed by atoms with Crippen LogP contribution in [-0.4, -0.2) is 32.1 Å². The fraction of sp³-hybridized carbons (Fsp3) is 0.143. The fourth-order valence-corrected chi connectivity index (χ4v) is 3.56. The van der Waals surface area contributed by atoms with E-state index in [1.54, 1.807) is 0 Å². The van der Waals surface area contributed by atoms with Gasteiger partial charge in [0.15, 0.2) is 0 Å². The molecule has 2 aromatic heterocycles. The number of nitrogens with zero attached hydrogens (tertiary/aromatic N) is 4. The molecule has 9 heteroatoms. The van der Waals surface area contributed by atoms with E-state index in [-0.39, 0.29) is 18.3 Å². The molecule has 152 valence electrons. The topological polar surface area (TPSA) is 112 Å². The number of nitrogen functional groups attached to an aromatic ring is 1.